The number of piperazine rings is 1. The fourth-order valence-corrected chi connectivity index (χ4v) is 5.48. The molecule has 2 aromatic rings. The van der Waals surface area contributed by atoms with Crippen molar-refractivity contribution >= 4 is 31.9 Å². The molecule has 1 fully saturated rings. The number of carbonyl (C=O) groups is 2. The number of hydrogen-bond acceptors (Lipinski definition) is 7. The highest BCUT2D eigenvalue weighted by molar-refractivity contribution is 7.89. The van der Waals surface area contributed by atoms with Crippen LogP contribution in [0, 0.1) is 0 Å². The van der Waals surface area contributed by atoms with Crippen LogP contribution in [0.15, 0.2) is 52.0 Å². The summed E-state index contributed by atoms with van der Waals surface area (Å²) in [5.74, 6) is -0.874. The van der Waals surface area contributed by atoms with Crippen molar-refractivity contribution in [2.75, 3.05) is 52.6 Å². The number of carbonyl (C=O) groups excluding carboxylic acids is 2. The van der Waals surface area contributed by atoms with E-state index in [1.165, 1.54) is 53.8 Å². The van der Waals surface area contributed by atoms with Gasteiger partial charge in [-0.1, -0.05) is 0 Å². The highest BCUT2D eigenvalue weighted by atomic mass is 32.2. The molecule has 0 radical (unpaired) electrons. The van der Waals surface area contributed by atoms with Gasteiger partial charge < -0.3 is 14.6 Å². The van der Waals surface area contributed by atoms with Crippen LogP contribution in [0.4, 0.5) is 0 Å². The van der Waals surface area contributed by atoms with E-state index < -0.39 is 26.0 Å². The zero-order valence-electron chi connectivity index (χ0n) is 18.3. The molecule has 11 nitrogen and oxygen atoms in total. The van der Waals surface area contributed by atoms with Crippen molar-refractivity contribution in [1.29, 1.82) is 0 Å². The maximum Gasteiger partial charge on any atom is 0.289 e. The highest BCUT2D eigenvalue weighted by Gasteiger charge is 2.30. The van der Waals surface area contributed by atoms with Crippen LogP contribution in [-0.2, 0) is 20.0 Å². The van der Waals surface area contributed by atoms with Crippen LogP contribution in [-0.4, -0.2) is 94.7 Å². The molecule has 0 atom stereocenters. The topological polar surface area (TPSA) is 137 Å². The van der Waals surface area contributed by atoms with E-state index in [4.69, 9.17) is 4.42 Å². The highest BCUT2D eigenvalue weighted by Crippen LogP contribution is 2.14. The van der Waals surface area contributed by atoms with Crippen molar-refractivity contribution in [3.8, 4) is 0 Å². The van der Waals surface area contributed by atoms with Crippen LogP contribution in [0.2, 0.25) is 0 Å². The predicted octanol–water partition coefficient (Wildman–Crippen LogP) is 0.0475. The quantitative estimate of drug-likeness (QED) is 0.543. The van der Waals surface area contributed by atoms with E-state index in [1.54, 1.807) is 12.1 Å². The summed E-state index contributed by atoms with van der Waals surface area (Å²) in [7, 11) is -4.41. The first-order valence-electron chi connectivity index (χ1n) is 10.1. The van der Waals surface area contributed by atoms with Crippen LogP contribution in [0.3, 0.4) is 0 Å². The molecule has 0 saturated carbocycles. The lowest BCUT2D eigenvalue weighted by molar-refractivity contribution is 0.0665. The first-order chi connectivity index (χ1) is 15.5. The maximum absolute atomic E-state index is 12.6. The molecular weight excluding hydrogens is 472 g/mol. The molecule has 0 unspecified atom stereocenters. The summed E-state index contributed by atoms with van der Waals surface area (Å²) in [5.41, 5.74) is 0.218. The fourth-order valence-electron chi connectivity index (χ4n) is 3.24. The third-order valence-corrected chi connectivity index (χ3v) is 8.89. The lowest BCUT2D eigenvalue weighted by Gasteiger charge is -2.33. The van der Waals surface area contributed by atoms with E-state index in [1.807, 2.05) is 0 Å². The molecule has 1 aliphatic heterocycles. The first-order valence-corrected chi connectivity index (χ1v) is 13.2. The molecular formula is C20H26N4O7S2. The number of hydrogen-bond donors (Lipinski definition) is 1. The average molecular weight is 499 g/mol. The van der Waals surface area contributed by atoms with Crippen LogP contribution < -0.4 is 5.32 Å². The van der Waals surface area contributed by atoms with E-state index >= 15 is 0 Å². The van der Waals surface area contributed by atoms with Crippen LogP contribution in [0.25, 0.3) is 0 Å². The Morgan fingerprint density at radius 1 is 1.00 bits per heavy atom. The summed E-state index contributed by atoms with van der Waals surface area (Å²) in [6.45, 7) is 0.695. The van der Waals surface area contributed by atoms with E-state index in [0.29, 0.717) is 0 Å². The van der Waals surface area contributed by atoms with E-state index in [9.17, 15) is 26.4 Å². The average Bonchev–Trinajstić information content (AvgIpc) is 3.33. The summed E-state index contributed by atoms with van der Waals surface area (Å²) in [4.78, 5) is 26.2. The Labute approximate surface area is 193 Å². The Morgan fingerprint density at radius 3 is 2.18 bits per heavy atom. The van der Waals surface area contributed by atoms with Gasteiger partial charge >= 0.3 is 0 Å². The molecule has 1 aliphatic rings. The van der Waals surface area contributed by atoms with Crippen molar-refractivity contribution in [3.05, 3.63) is 54.0 Å². The zero-order chi connectivity index (χ0) is 24.2. The Bertz CT molecular complexity index is 1180. The van der Waals surface area contributed by atoms with Gasteiger partial charge in [-0.3, -0.25) is 9.59 Å². The van der Waals surface area contributed by atoms with Gasteiger partial charge in [-0.25, -0.2) is 21.1 Å². The lowest BCUT2D eigenvalue weighted by atomic mass is 10.2. The number of furan rings is 1. The maximum atomic E-state index is 12.6. The van der Waals surface area contributed by atoms with Crippen molar-refractivity contribution in [2.45, 2.75) is 4.90 Å². The second-order valence-corrected chi connectivity index (χ2v) is 11.8. The minimum absolute atomic E-state index is 0.0521. The van der Waals surface area contributed by atoms with Gasteiger partial charge in [-0.2, -0.15) is 4.31 Å². The molecule has 2 heterocycles. The molecule has 1 aromatic heterocycles. The SMILES string of the molecule is CN(C)S(=O)(=O)c1ccc(C(=O)NCCS(=O)(=O)N2CCN(C(=O)c3ccco3)CC2)cc1. The van der Waals surface area contributed by atoms with Gasteiger partial charge in [0.25, 0.3) is 11.8 Å². The standard InChI is InChI=1S/C20H26N4O7S2/c1-22(2)33(29,30)17-7-5-16(6-8-17)19(25)21-9-15-32(27,28)24-12-10-23(11-13-24)20(26)18-4-3-14-31-18/h3-8,14H,9-13,15H2,1-2H3,(H,21,25). The van der Waals surface area contributed by atoms with Gasteiger partial charge in [-0.15, -0.1) is 0 Å². The monoisotopic (exact) mass is 498 g/mol. The van der Waals surface area contributed by atoms with Crippen molar-refractivity contribution in [3.63, 3.8) is 0 Å². The number of nitrogens with zero attached hydrogens (tertiary/aromatic N) is 3. The summed E-state index contributed by atoms with van der Waals surface area (Å²) in [5, 5.41) is 2.54. The summed E-state index contributed by atoms with van der Waals surface area (Å²) >= 11 is 0. The molecule has 13 heteroatoms. The molecule has 2 amide bonds. The van der Waals surface area contributed by atoms with E-state index in [2.05, 4.69) is 5.32 Å². The van der Waals surface area contributed by atoms with Crippen molar-refractivity contribution < 1.29 is 30.8 Å². The predicted molar refractivity (Wildman–Crippen MR) is 120 cm³/mol. The van der Waals surface area contributed by atoms with Gasteiger partial charge in [0.2, 0.25) is 20.0 Å². The van der Waals surface area contributed by atoms with Gasteiger partial charge in [-0.05, 0) is 36.4 Å². The largest absolute Gasteiger partial charge is 0.459 e. The second-order valence-electron chi connectivity index (χ2n) is 7.55. The normalized spacial score (nSPS) is 15.5. The van der Waals surface area contributed by atoms with Gasteiger partial charge in [0, 0.05) is 52.4 Å². The van der Waals surface area contributed by atoms with Gasteiger partial charge in [0.1, 0.15) is 0 Å². The fraction of sp³-hybridized carbons (Fsp3) is 0.400. The molecule has 0 aliphatic carbocycles. The van der Waals surface area contributed by atoms with Gasteiger partial charge in [0.15, 0.2) is 5.76 Å². The third-order valence-electron chi connectivity index (χ3n) is 5.19. The molecule has 33 heavy (non-hydrogen) atoms. The van der Waals surface area contributed by atoms with E-state index in [-0.39, 0.29) is 60.6 Å². The molecule has 1 aromatic carbocycles. The summed E-state index contributed by atoms with van der Waals surface area (Å²) in [6, 6.07) is 8.56. The smallest absolute Gasteiger partial charge is 0.289 e. The lowest BCUT2D eigenvalue weighted by Crippen LogP contribution is -2.51. The Balaban J connectivity index is 1.49. The van der Waals surface area contributed by atoms with Crippen molar-refractivity contribution in [1.82, 2.24) is 18.8 Å². The van der Waals surface area contributed by atoms with Gasteiger partial charge in [0.05, 0.1) is 16.9 Å². The van der Waals surface area contributed by atoms with Crippen LogP contribution in [0.1, 0.15) is 20.9 Å². The van der Waals surface area contributed by atoms with Crippen LogP contribution >= 0.6 is 0 Å². The third kappa shape index (κ3) is 5.79. The minimum atomic E-state index is -3.63. The zero-order valence-corrected chi connectivity index (χ0v) is 19.9. The van der Waals surface area contributed by atoms with E-state index in [0.717, 1.165) is 4.31 Å². The first kappa shape index (κ1) is 24.9. The Morgan fingerprint density at radius 2 is 1.64 bits per heavy atom. The number of sulfonamides is 2. The number of benzene rings is 1. The molecule has 1 N–H and O–H groups in total. The number of amides is 2. The Kier molecular flexibility index (Phi) is 7.57. The van der Waals surface area contributed by atoms with Crippen LogP contribution in [0.5, 0.6) is 0 Å². The summed E-state index contributed by atoms with van der Waals surface area (Å²) in [6.07, 6.45) is 1.41. The molecule has 0 bridgehead atoms. The number of nitrogens with one attached hydrogen (secondary N) is 1. The minimum Gasteiger partial charge on any atom is -0.459 e. The molecule has 1 saturated heterocycles. The summed E-state index contributed by atoms with van der Waals surface area (Å²) < 4.78 is 56.9. The Hall–Kier alpha value is -2.74. The molecule has 180 valence electrons. The van der Waals surface area contributed by atoms with Crippen molar-refractivity contribution in [2.24, 2.45) is 0 Å². The second kappa shape index (κ2) is 10.0. The molecule has 3 rings (SSSR count). The molecule has 0 spiro atoms. The number of rotatable bonds is 8.